The molecule has 0 bridgehead atoms. The molecule has 0 amide bonds. The number of ether oxygens (including phenoxy) is 2. The number of nitrogens with one attached hydrogen (secondary N) is 1. The number of aliphatic hydroxyl groups excluding tert-OH is 1. The van der Waals surface area contributed by atoms with Crippen molar-refractivity contribution in [3.8, 4) is 11.5 Å². The molecule has 1 aliphatic rings. The van der Waals surface area contributed by atoms with Crippen LogP contribution in [-0.4, -0.2) is 31.0 Å². The lowest BCUT2D eigenvalue weighted by Gasteiger charge is -2.29. The van der Waals surface area contributed by atoms with Gasteiger partial charge in [0.25, 0.3) is 0 Å². The van der Waals surface area contributed by atoms with Gasteiger partial charge in [-0.05, 0) is 43.4 Å². The van der Waals surface area contributed by atoms with Crippen molar-refractivity contribution < 1.29 is 14.6 Å². The summed E-state index contributed by atoms with van der Waals surface area (Å²) in [5.74, 6) is 1.65. The SMILES string of the molecule is C[C@H](O)CC(C)(C)CN[C@@H](C)c1ccc2c(c1)OCCO2. The standard InChI is InChI=1S/C17H27NO3/c1-12(19)10-17(3,4)11-18-13(2)14-5-6-15-16(9-14)21-8-7-20-15/h5-6,9,12-13,18-19H,7-8,10-11H2,1-4H3/t12-,13-/m0/s1. The van der Waals surface area contributed by atoms with Gasteiger partial charge in [-0.3, -0.25) is 0 Å². The van der Waals surface area contributed by atoms with E-state index < -0.39 is 0 Å². The van der Waals surface area contributed by atoms with Gasteiger partial charge in [0.05, 0.1) is 6.10 Å². The van der Waals surface area contributed by atoms with E-state index in [-0.39, 0.29) is 17.6 Å². The van der Waals surface area contributed by atoms with Gasteiger partial charge in [0.1, 0.15) is 13.2 Å². The van der Waals surface area contributed by atoms with Crippen LogP contribution in [-0.2, 0) is 0 Å². The molecule has 1 aliphatic heterocycles. The van der Waals surface area contributed by atoms with Crippen molar-refractivity contribution in [2.24, 2.45) is 5.41 Å². The predicted molar refractivity (Wildman–Crippen MR) is 83.9 cm³/mol. The zero-order valence-electron chi connectivity index (χ0n) is 13.5. The molecule has 21 heavy (non-hydrogen) atoms. The van der Waals surface area contributed by atoms with Crippen molar-refractivity contribution in [3.63, 3.8) is 0 Å². The van der Waals surface area contributed by atoms with E-state index in [1.807, 2.05) is 19.1 Å². The van der Waals surface area contributed by atoms with Gasteiger partial charge < -0.3 is 19.9 Å². The van der Waals surface area contributed by atoms with Crippen LogP contribution in [0.4, 0.5) is 0 Å². The summed E-state index contributed by atoms with van der Waals surface area (Å²) in [5.41, 5.74) is 1.25. The number of aliphatic hydroxyl groups is 1. The van der Waals surface area contributed by atoms with Gasteiger partial charge in [0.15, 0.2) is 11.5 Å². The van der Waals surface area contributed by atoms with Gasteiger partial charge in [0.2, 0.25) is 0 Å². The van der Waals surface area contributed by atoms with Crippen molar-refractivity contribution in [2.45, 2.75) is 46.3 Å². The summed E-state index contributed by atoms with van der Waals surface area (Å²) in [7, 11) is 0. The largest absolute Gasteiger partial charge is 0.486 e. The Balaban J connectivity index is 1.95. The second-order valence-electron chi connectivity index (χ2n) is 6.72. The van der Waals surface area contributed by atoms with Gasteiger partial charge in [0, 0.05) is 12.6 Å². The quantitative estimate of drug-likeness (QED) is 0.847. The molecule has 2 rings (SSSR count). The third-order valence-corrected chi connectivity index (χ3v) is 3.80. The highest BCUT2D eigenvalue weighted by Gasteiger charge is 2.21. The molecule has 0 saturated heterocycles. The molecular weight excluding hydrogens is 266 g/mol. The molecule has 0 unspecified atom stereocenters. The Morgan fingerprint density at radius 3 is 2.52 bits per heavy atom. The Hall–Kier alpha value is -1.26. The van der Waals surface area contributed by atoms with Crippen LogP contribution in [0.1, 0.15) is 45.7 Å². The molecule has 1 aromatic rings. The Labute approximate surface area is 127 Å². The van der Waals surface area contributed by atoms with Crippen molar-refractivity contribution >= 4 is 0 Å². The van der Waals surface area contributed by atoms with E-state index in [2.05, 4.69) is 32.2 Å². The Morgan fingerprint density at radius 1 is 1.19 bits per heavy atom. The summed E-state index contributed by atoms with van der Waals surface area (Å²) < 4.78 is 11.2. The molecule has 0 saturated carbocycles. The number of rotatable bonds is 6. The van der Waals surface area contributed by atoms with Crippen molar-refractivity contribution in [2.75, 3.05) is 19.8 Å². The number of hydrogen-bond donors (Lipinski definition) is 2. The fraction of sp³-hybridized carbons (Fsp3) is 0.647. The van der Waals surface area contributed by atoms with Crippen LogP contribution in [0.25, 0.3) is 0 Å². The molecule has 0 radical (unpaired) electrons. The molecule has 0 aliphatic carbocycles. The maximum atomic E-state index is 9.54. The van der Waals surface area contributed by atoms with Crippen LogP contribution in [0.5, 0.6) is 11.5 Å². The lowest BCUT2D eigenvalue weighted by molar-refractivity contribution is 0.127. The van der Waals surface area contributed by atoms with Crippen molar-refractivity contribution in [1.82, 2.24) is 5.32 Å². The maximum Gasteiger partial charge on any atom is 0.161 e. The van der Waals surface area contributed by atoms with E-state index in [0.717, 1.165) is 24.5 Å². The highest BCUT2D eigenvalue weighted by molar-refractivity contribution is 5.44. The fourth-order valence-corrected chi connectivity index (χ4v) is 2.75. The lowest BCUT2D eigenvalue weighted by atomic mass is 9.86. The summed E-state index contributed by atoms with van der Waals surface area (Å²) in [4.78, 5) is 0. The first-order valence-electron chi connectivity index (χ1n) is 7.68. The third-order valence-electron chi connectivity index (χ3n) is 3.80. The minimum atomic E-state index is -0.272. The van der Waals surface area contributed by atoms with Gasteiger partial charge in [-0.1, -0.05) is 19.9 Å². The first-order valence-corrected chi connectivity index (χ1v) is 7.68. The predicted octanol–water partition coefficient (Wildman–Crippen LogP) is 2.91. The van der Waals surface area contributed by atoms with Crippen LogP contribution < -0.4 is 14.8 Å². The minimum Gasteiger partial charge on any atom is -0.486 e. The molecular formula is C17H27NO3. The van der Waals surface area contributed by atoms with Gasteiger partial charge in [-0.15, -0.1) is 0 Å². The van der Waals surface area contributed by atoms with Crippen LogP contribution in [0.3, 0.4) is 0 Å². The normalized spacial score (nSPS) is 17.4. The molecule has 1 heterocycles. The average molecular weight is 293 g/mol. The second kappa shape index (κ2) is 6.67. The van der Waals surface area contributed by atoms with Crippen molar-refractivity contribution in [3.05, 3.63) is 23.8 Å². The average Bonchev–Trinajstić information content (AvgIpc) is 2.43. The number of fused-ring (bicyclic) bond motifs is 1. The minimum absolute atomic E-state index is 0.0657. The van der Waals surface area contributed by atoms with Crippen LogP contribution in [0.15, 0.2) is 18.2 Å². The molecule has 4 nitrogen and oxygen atoms in total. The zero-order valence-corrected chi connectivity index (χ0v) is 13.5. The van der Waals surface area contributed by atoms with E-state index >= 15 is 0 Å². The highest BCUT2D eigenvalue weighted by Crippen LogP contribution is 2.33. The summed E-state index contributed by atoms with van der Waals surface area (Å²) >= 11 is 0. The van der Waals surface area contributed by atoms with Gasteiger partial charge in [-0.2, -0.15) is 0 Å². The monoisotopic (exact) mass is 293 g/mol. The van der Waals surface area contributed by atoms with E-state index in [1.54, 1.807) is 0 Å². The van der Waals surface area contributed by atoms with Gasteiger partial charge >= 0.3 is 0 Å². The van der Waals surface area contributed by atoms with E-state index in [4.69, 9.17) is 9.47 Å². The first-order chi connectivity index (χ1) is 9.87. The zero-order chi connectivity index (χ0) is 15.5. The Morgan fingerprint density at radius 2 is 1.86 bits per heavy atom. The summed E-state index contributed by atoms with van der Waals surface area (Å²) in [6.07, 6.45) is 0.514. The summed E-state index contributed by atoms with van der Waals surface area (Å²) in [5, 5.41) is 13.1. The van der Waals surface area contributed by atoms with Crippen molar-refractivity contribution in [1.29, 1.82) is 0 Å². The summed E-state index contributed by atoms with van der Waals surface area (Å²) in [6, 6.07) is 6.33. The summed E-state index contributed by atoms with van der Waals surface area (Å²) in [6.45, 7) is 10.4. The molecule has 2 N–H and O–H groups in total. The third kappa shape index (κ3) is 4.61. The van der Waals surface area contributed by atoms with Crippen LogP contribution >= 0.6 is 0 Å². The Bertz CT molecular complexity index is 471. The van der Waals surface area contributed by atoms with Crippen LogP contribution in [0.2, 0.25) is 0 Å². The molecule has 0 fully saturated rings. The Kier molecular flexibility index (Phi) is 5.12. The van der Waals surface area contributed by atoms with E-state index in [9.17, 15) is 5.11 Å². The molecule has 0 spiro atoms. The first kappa shape index (κ1) is 16.1. The number of benzene rings is 1. The topological polar surface area (TPSA) is 50.7 Å². The van der Waals surface area contributed by atoms with Crippen LogP contribution in [0, 0.1) is 5.41 Å². The highest BCUT2D eigenvalue weighted by atomic mass is 16.6. The molecule has 0 aromatic heterocycles. The molecule has 2 atom stereocenters. The lowest BCUT2D eigenvalue weighted by Crippen LogP contribution is -2.33. The molecule has 1 aromatic carbocycles. The second-order valence-corrected chi connectivity index (χ2v) is 6.72. The van der Waals surface area contributed by atoms with Gasteiger partial charge in [-0.25, -0.2) is 0 Å². The number of hydrogen-bond acceptors (Lipinski definition) is 4. The molecule has 4 heteroatoms. The van der Waals surface area contributed by atoms with E-state index in [0.29, 0.717) is 13.2 Å². The van der Waals surface area contributed by atoms with E-state index in [1.165, 1.54) is 5.56 Å². The fourth-order valence-electron chi connectivity index (χ4n) is 2.75. The maximum absolute atomic E-state index is 9.54. The molecule has 118 valence electrons. The smallest absolute Gasteiger partial charge is 0.161 e.